The van der Waals surface area contributed by atoms with Gasteiger partial charge in [-0.3, -0.25) is 0 Å². The van der Waals surface area contributed by atoms with Gasteiger partial charge >= 0.3 is 0 Å². The van der Waals surface area contributed by atoms with Gasteiger partial charge in [-0.05, 0) is 41.9 Å². The lowest BCUT2D eigenvalue weighted by Crippen LogP contribution is -2.11. The molecule has 90 valence electrons. The highest BCUT2D eigenvalue weighted by Gasteiger charge is 2.11. The lowest BCUT2D eigenvalue weighted by atomic mass is 10.1. The molecule has 0 aliphatic carbocycles. The quantitative estimate of drug-likeness (QED) is 0.841. The number of aromatic nitrogens is 2. The monoisotopic (exact) mass is 333 g/mol. The molecule has 0 bridgehead atoms. The Kier molecular flexibility index (Phi) is 5.44. The minimum Gasteiger partial charge on any atom is -0.369 e. The van der Waals surface area contributed by atoms with Crippen LogP contribution in [-0.4, -0.2) is 16.5 Å². The Balaban J connectivity index is 3.07. The number of hydrogen-bond donors (Lipinski definition) is 1. The zero-order valence-corrected chi connectivity index (χ0v) is 12.6. The smallest absolute Gasteiger partial charge is 0.143 e. The third-order valence-electron chi connectivity index (χ3n) is 2.24. The van der Waals surface area contributed by atoms with Crippen LogP contribution in [0.5, 0.6) is 0 Å². The van der Waals surface area contributed by atoms with Crippen LogP contribution in [0.15, 0.2) is 0 Å². The van der Waals surface area contributed by atoms with E-state index in [0.29, 0.717) is 5.92 Å². The SMILES string of the molecule is CCNc1nc(CC(C)C)nc(CC)c1I. The van der Waals surface area contributed by atoms with Gasteiger partial charge in [-0.25, -0.2) is 9.97 Å². The summed E-state index contributed by atoms with van der Waals surface area (Å²) in [7, 11) is 0. The Morgan fingerprint density at radius 3 is 2.44 bits per heavy atom. The second-order valence-electron chi connectivity index (χ2n) is 4.23. The van der Waals surface area contributed by atoms with Crippen LogP contribution in [-0.2, 0) is 12.8 Å². The highest BCUT2D eigenvalue weighted by molar-refractivity contribution is 14.1. The van der Waals surface area contributed by atoms with Crippen LogP contribution in [0.4, 0.5) is 5.82 Å². The number of aryl methyl sites for hydroxylation is 1. The van der Waals surface area contributed by atoms with Crippen molar-refractivity contribution in [2.45, 2.75) is 40.5 Å². The van der Waals surface area contributed by atoms with Crippen molar-refractivity contribution in [1.82, 2.24) is 9.97 Å². The van der Waals surface area contributed by atoms with Gasteiger partial charge < -0.3 is 5.32 Å². The third kappa shape index (κ3) is 3.57. The Hall–Kier alpha value is -0.390. The summed E-state index contributed by atoms with van der Waals surface area (Å²) in [5.41, 5.74) is 1.15. The van der Waals surface area contributed by atoms with E-state index >= 15 is 0 Å². The van der Waals surface area contributed by atoms with Crippen molar-refractivity contribution in [1.29, 1.82) is 0 Å². The second-order valence-corrected chi connectivity index (χ2v) is 5.31. The Labute approximate surface area is 112 Å². The molecular formula is C12H20IN3. The number of hydrogen-bond acceptors (Lipinski definition) is 3. The van der Waals surface area contributed by atoms with Gasteiger partial charge in [0, 0.05) is 13.0 Å². The first kappa shape index (κ1) is 13.7. The fourth-order valence-corrected chi connectivity index (χ4v) is 2.33. The first-order valence-electron chi connectivity index (χ1n) is 5.87. The summed E-state index contributed by atoms with van der Waals surface area (Å²) < 4.78 is 1.16. The highest BCUT2D eigenvalue weighted by atomic mass is 127. The number of anilines is 1. The zero-order chi connectivity index (χ0) is 12.1. The molecule has 4 heteroatoms. The van der Waals surface area contributed by atoms with Gasteiger partial charge in [0.25, 0.3) is 0 Å². The van der Waals surface area contributed by atoms with Crippen molar-refractivity contribution in [3.8, 4) is 0 Å². The van der Waals surface area contributed by atoms with E-state index < -0.39 is 0 Å². The average Bonchev–Trinajstić information content (AvgIpc) is 2.22. The highest BCUT2D eigenvalue weighted by Crippen LogP contribution is 2.20. The first-order valence-corrected chi connectivity index (χ1v) is 6.95. The fraction of sp³-hybridized carbons (Fsp3) is 0.667. The van der Waals surface area contributed by atoms with Gasteiger partial charge in [0.2, 0.25) is 0 Å². The molecule has 3 nitrogen and oxygen atoms in total. The standard InChI is InChI=1S/C12H20IN3/c1-5-9-11(13)12(14-6-2)16-10(15-9)7-8(3)4/h8H,5-7H2,1-4H3,(H,14,15,16). The molecule has 0 aliphatic heterocycles. The maximum absolute atomic E-state index is 4.62. The van der Waals surface area contributed by atoms with Crippen molar-refractivity contribution in [2.75, 3.05) is 11.9 Å². The van der Waals surface area contributed by atoms with Gasteiger partial charge in [0.05, 0.1) is 9.26 Å². The van der Waals surface area contributed by atoms with Crippen LogP contribution in [0, 0.1) is 9.49 Å². The zero-order valence-electron chi connectivity index (χ0n) is 10.5. The molecule has 0 amide bonds. The van der Waals surface area contributed by atoms with Crippen LogP contribution in [0.3, 0.4) is 0 Å². The van der Waals surface area contributed by atoms with Crippen molar-refractivity contribution in [2.24, 2.45) is 5.92 Å². The van der Waals surface area contributed by atoms with Crippen LogP contribution in [0.1, 0.15) is 39.2 Å². The van der Waals surface area contributed by atoms with E-state index in [4.69, 9.17) is 0 Å². The molecule has 1 heterocycles. The van der Waals surface area contributed by atoms with Crippen LogP contribution >= 0.6 is 22.6 Å². The van der Waals surface area contributed by atoms with Crippen molar-refractivity contribution in [3.05, 3.63) is 15.1 Å². The molecule has 0 saturated heterocycles. The summed E-state index contributed by atoms with van der Waals surface area (Å²) in [6, 6.07) is 0. The first-order chi connectivity index (χ1) is 7.58. The summed E-state index contributed by atoms with van der Waals surface area (Å²) >= 11 is 2.33. The number of halogens is 1. The molecular weight excluding hydrogens is 313 g/mol. The van der Waals surface area contributed by atoms with E-state index in [2.05, 4.69) is 65.6 Å². The van der Waals surface area contributed by atoms with Crippen molar-refractivity contribution >= 4 is 28.4 Å². The minimum absolute atomic E-state index is 0.597. The molecule has 0 aromatic carbocycles. The van der Waals surface area contributed by atoms with E-state index in [1.165, 1.54) is 0 Å². The maximum atomic E-state index is 4.62. The normalized spacial score (nSPS) is 10.9. The Morgan fingerprint density at radius 2 is 1.94 bits per heavy atom. The van der Waals surface area contributed by atoms with Crippen LogP contribution < -0.4 is 5.32 Å². The van der Waals surface area contributed by atoms with E-state index in [-0.39, 0.29) is 0 Å². The number of rotatable bonds is 5. The molecule has 0 radical (unpaired) electrons. The molecule has 0 aliphatic rings. The third-order valence-corrected chi connectivity index (χ3v) is 3.37. The van der Waals surface area contributed by atoms with Crippen molar-refractivity contribution in [3.63, 3.8) is 0 Å². The molecule has 16 heavy (non-hydrogen) atoms. The van der Waals surface area contributed by atoms with Gasteiger partial charge in [0.1, 0.15) is 11.6 Å². The molecule has 1 aromatic rings. The van der Waals surface area contributed by atoms with E-state index in [0.717, 1.165) is 40.3 Å². The largest absolute Gasteiger partial charge is 0.369 e. The van der Waals surface area contributed by atoms with Crippen LogP contribution in [0.25, 0.3) is 0 Å². The second kappa shape index (κ2) is 6.37. The fourth-order valence-electron chi connectivity index (χ4n) is 1.52. The van der Waals surface area contributed by atoms with Gasteiger partial charge in [-0.2, -0.15) is 0 Å². The lowest BCUT2D eigenvalue weighted by molar-refractivity contribution is 0.617. The maximum Gasteiger partial charge on any atom is 0.143 e. The van der Waals surface area contributed by atoms with Gasteiger partial charge in [-0.15, -0.1) is 0 Å². The summed E-state index contributed by atoms with van der Waals surface area (Å²) in [5, 5.41) is 3.31. The average molecular weight is 333 g/mol. The summed E-state index contributed by atoms with van der Waals surface area (Å²) in [5.74, 6) is 2.55. The minimum atomic E-state index is 0.597. The molecule has 0 atom stereocenters. The van der Waals surface area contributed by atoms with Gasteiger partial charge in [-0.1, -0.05) is 20.8 Å². The molecule has 1 aromatic heterocycles. The molecule has 0 spiro atoms. The molecule has 0 unspecified atom stereocenters. The predicted octanol–water partition coefficient (Wildman–Crippen LogP) is 3.27. The summed E-state index contributed by atoms with van der Waals surface area (Å²) in [6.45, 7) is 9.52. The van der Waals surface area contributed by atoms with Gasteiger partial charge in [0.15, 0.2) is 0 Å². The van der Waals surface area contributed by atoms with E-state index in [9.17, 15) is 0 Å². The lowest BCUT2D eigenvalue weighted by Gasteiger charge is -2.12. The topological polar surface area (TPSA) is 37.8 Å². The molecule has 1 rings (SSSR count). The Bertz CT molecular complexity index is 350. The summed E-state index contributed by atoms with van der Waals surface area (Å²) in [6.07, 6.45) is 1.91. The number of nitrogens with one attached hydrogen (secondary N) is 1. The van der Waals surface area contributed by atoms with Crippen LogP contribution in [0.2, 0.25) is 0 Å². The molecule has 1 N–H and O–H groups in total. The van der Waals surface area contributed by atoms with E-state index in [1.807, 2.05) is 0 Å². The van der Waals surface area contributed by atoms with Crippen molar-refractivity contribution < 1.29 is 0 Å². The van der Waals surface area contributed by atoms with E-state index in [1.54, 1.807) is 0 Å². The Morgan fingerprint density at radius 1 is 1.25 bits per heavy atom. The molecule has 0 saturated carbocycles. The summed E-state index contributed by atoms with van der Waals surface area (Å²) in [4.78, 5) is 9.20. The number of nitrogens with zero attached hydrogens (tertiary/aromatic N) is 2. The molecule has 0 fully saturated rings. The predicted molar refractivity (Wildman–Crippen MR) is 76.8 cm³/mol.